The highest BCUT2D eigenvalue weighted by Crippen LogP contribution is 2.21. The van der Waals surface area contributed by atoms with E-state index in [4.69, 9.17) is 0 Å². The van der Waals surface area contributed by atoms with Gasteiger partial charge in [-0.15, -0.1) is 0 Å². The van der Waals surface area contributed by atoms with Crippen LogP contribution >= 0.6 is 15.9 Å². The molecular weight excluding hydrogens is 276 g/mol. The van der Waals surface area contributed by atoms with Gasteiger partial charge in [0.1, 0.15) is 0 Å². The summed E-state index contributed by atoms with van der Waals surface area (Å²) in [5.41, 5.74) is 1.41. The second-order valence-corrected chi connectivity index (χ2v) is 6.07. The van der Waals surface area contributed by atoms with Crippen molar-refractivity contribution >= 4 is 15.9 Å². The van der Waals surface area contributed by atoms with Gasteiger partial charge in [0.05, 0.1) is 0 Å². The molecular formula is C14H21BrN2. The Labute approximate surface area is 113 Å². The summed E-state index contributed by atoms with van der Waals surface area (Å²) < 4.78 is 1.18. The van der Waals surface area contributed by atoms with Crippen molar-refractivity contribution in [2.24, 2.45) is 0 Å². The number of nitrogens with zero attached hydrogens (tertiary/aromatic N) is 2. The lowest BCUT2D eigenvalue weighted by Gasteiger charge is -2.27. The lowest BCUT2D eigenvalue weighted by atomic mass is 10.2. The Hall–Kier alpha value is -0.380. The molecule has 0 aromatic heterocycles. The van der Waals surface area contributed by atoms with Crippen LogP contribution in [0, 0.1) is 0 Å². The van der Waals surface area contributed by atoms with Crippen molar-refractivity contribution in [2.75, 3.05) is 27.2 Å². The molecule has 0 spiro atoms. The third-order valence-electron chi connectivity index (χ3n) is 3.35. The van der Waals surface area contributed by atoms with E-state index >= 15 is 0 Å². The fourth-order valence-electron chi connectivity index (χ4n) is 2.60. The molecule has 94 valence electrons. The highest BCUT2D eigenvalue weighted by atomic mass is 79.9. The lowest BCUT2D eigenvalue weighted by Crippen LogP contribution is -2.37. The number of likely N-dealkylation sites (tertiary alicyclic amines) is 1. The monoisotopic (exact) mass is 296 g/mol. The lowest BCUT2D eigenvalue weighted by molar-refractivity contribution is 0.201. The second-order valence-electron chi connectivity index (χ2n) is 5.16. The standard InChI is InChI=1S/C14H21BrN2/c1-16(2)11-14-7-4-8-17(14)10-12-5-3-6-13(15)9-12/h3,5-6,9,14H,4,7-8,10-11H2,1-2H3. The van der Waals surface area contributed by atoms with E-state index in [1.807, 2.05) is 0 Å². The Morgan fingerprint density at radius 2 is 2.24 bits per heavy atom. The zero-order valence-electron chi connectivity index (χ0n) is 10.7. The molecule has 1 aromatic rings. The molecule has 3 heteroatoms. The van der Waals surface area contributed by atoms with Crippen molar-refractivity contribution in [2.45, 2.75) is 25.4 Å². The number of halogens is 1. The molecule has 2 rings (SSSR count). The van der Waals surface area contributed by atoms with Crippen LogP contribution in [0.2, 0.25) is 0 Å². The number of likely N-dealkylation sites (N-methyl/N-ethyl adjacent to an activating group) is 1. The first-order valence-electron chi connectivity index (χ1n) is 6.28. The van der Waals surface area contributed by atoms with Gasteiger partial charge < -0.3 is 4.90 Å². The molecule has 2 nitrogen and oxygen atoms in total. The summed E-state index contributed by atoms with van der Waals surface area (Å²) in [5.74, 6) is 0. The molecule has 0 saturated carbocycles. The van der Waals surface area contributed by atoms with Gasteiger partial charge in [0.2, 0.25) is 0 Å². The molecule has 1 atom stereocenters. The smallest absolute Gasteiger partial charge is 0.0237 e. The minimum absolute atomic E-state index is 0.726. The first kappa shape index (κ1) is 13.1. The van der Waals surface area contributed by atoms with Gasteiger partial charge in [-0.05, 0) is 51.2 Å². The normalized spacial score (nSPS) is 21.3. The average Bonchev–Trinajstić information content (AvgIpc) is 2.65. The molecule has 1 fully saturated rings. The predicted molar refractivity (Wildman–Crippen MR) is 76.1 cm³/mol. The first-order valence-corrected chi connectivity index (χ1v) is 7.07. The molecule has 1 aliphatic rings. The van der Waals surface area contributed by atoms with Gasteiger partial charge in [-0.3, -0.25) is 4.90 Å². The Morgan fingerprint density at radius 1 is 1.41 bits per heavy atom. The number of hydrogen-bond donors (Lipinski definition) is 0. The van der Waals surface area contributed by atoms with Crippen molar-refractivity contribution in [3.8, 4) is 0 Å². The highest BCUT2D eigenvalue weighted by Gasteiger charge is 2.24. The van der Waals surface area contributed by atoms with Crippen molar-refractivity contribution in [3.05, 3.63) is 34.3 Å². The maximum atomic E-state index is 3.54. The van der Waals surface area contributed by atoms with Crippen LogP contribution in [-0.2, 0) is 6.54 Å². The molecule has 1 aromatic carbocycles. The van der Waals surface area contributed by atoms with Crippen molar-refractivity contribution in [3.63, 3.8) is 0 Å². The Kier molecular flexibility index (Phi) is 4.60. The van der Waals surface area contributed by atoms with Crippen LogP contribution in [0.3, 0.4) is 0 Å². The van der Waals surface area contributed by atoms with E-state index in [2.05, 4.69) is 64.1 Å². The van der Waals surface area contributed by atoms with Gasteiger partial charge >= 0.3 is 0 Å². The SMILES string of the molecule is CN(C)CC1CCCN1Cc1cccc(Br)c1. The first-order chi connectivity index (χ1) is 8.15. The van der Waals surface area contributed by atoms with Crippen LogP contribution in [0.15, 0.2) is 28.7 Å². The van der Waals surface area contributed by atoms with Gasteiger partial charge in [-0.2, -0.15) is 0 Å². The quantitative estimate of drug-likeness (QED) is 0.843. The topological polar surface area (TPSA) is 6.48 Å². The Balaban J connectivity index is 1.97. The molecule has 0 N–H and O–H groups in total. The number of rotatable bonds is 4. The summed E-state index contributed by atoms with van der Waals surface area (Å²) >= 11 is 3.54. The summed E-state index contributed by atoms with van der Waals surface area (Å²) in [7, 11) is 4.32. The largest absolute Gasteiger partial charge is 0.308 e. The van der Waals surface area contributed by atoms with Crippen LogP contribution in [-0.4, -0.2) is 43.0 Å². The number of hydrogen-bond acceptors (Lipinski definition) is 2. The molecule has 1 saturated heterocycles. The van der Waals surface area contributed by atoms with Crippen molar-refractivity contribution in [1.29, 1.82) is 0 Å². The molecule has 0 radical (unpaired) electrons. The van der Waals surface area contributed by atoms with Crippen molar-refractivity contribution < 1.29 is 0 Å². The number of benzene rings is 1. The van der Waals surface area contributed by atoms with Crippen LogP contribution in [0.5, 0.6) is 0 Å². The van der Waals surface area contributed by atoms with E-state index in [0.29, 0.717) is 0 Å². The van der Waals surface area contributed by atoms with E-state index in [0.717, 1.165) is 12.6 Å². The summed E-state index contributed by atoms with van der Waals surface area (Å²) in [6, 6.07) is 9.38. The summed E-state index contributed by atoms with van der Waals surface area (Å²) in [6.07, 6.45) is 2.68. The van der Waals surface area contributed by atoms with Crippen LogP contribution in [0.4, 0.5) is 0 Å². The van der Waals surface area contributed by atoms with E-state index < -0.39 is 0 Å². The third-order valence-corrected chi connectivity index (χ3v) is 3.84. The van der Waals surface area contributed by atoms with Gasteiger partial charge in [0, 0.05) is 23.6 Å². The Morgan fingerprint density at radius 3 is 2.94 bits per heavy atom. The molecule has 0 aliphatic carbocycles. The average molecular weight is 297 g/mol. The summed E-state index contributed by atoms with van der Waals surface area (Å²) in [4.78, 5) is 4.91. The fourth-order valence-corrected chi connectivity index (χ4v) is 3.05. The highest BCUT2D eigenvalue weighted by molar-refractivity contribution is 9.10. The van der Waals surface area contributed by atoms with E-state index in [-0.39, 0.29) is 0 Å². The third kappa shape index (κ3) is 3.80. The Bertz CT molecular complexity index is 365. The maximum absolute atomic E-state index is 3.54. The van der Waals surface area contributed by atoms with Crippen molar-refractivity contribution in [1.82, 2.24) is 9.80 Å². The van der Waals surface area contributed by atoms with Gasteiger partial charge in [0.15, 0.2) is 0 Å². The molecule has 1 heterocycles. The van der Waals surface area contributed by atoms with Gasteiger partial charge in [0.25, 0.3) is 0 Å². The van der Waals surface area contributed by atoms with E-state index in [1.165, 1.54) is 36.0 Å². The van der Waals surface area contributed by atoms with Crippen LogP contribution in [0.25, 0.3) is 0 Å². The van der Waals surface area contributed by atoms with Gasteiger partial charge in [-0.1, -0.05) is 28.1 Å². The minimum atomic E-state index is 0.726. The molecule has 0 amide bonds. The fraction of sp³-hybridized carbons (Fsp3) is 0.571. The van der Waals surface area contributed by atoms with Crippen LogP contribution in [0.1, 0.15) is 18.4 Å². The van der Waals surface area contributed by atoms with Gasteiger partial charge in [-0.25, -0.2) is 0 Å². The van der Waals surface area contributed by atoms with E-state index in [9.17, 15) is 0 Å². The summed E-state index contributed by atoms with van der Waals surface area (Å²) in [6.45, 7) is 3.50. The molecule has 17 heavy (non-hydrogen) atoms. The minimum Gasteiger partial charge on any atom is -0.308 e. The molecule has 0 bridgehead atoms. The summed E-state index contributed by atoms with van der Waals surface area (Å²) in [5, 5.41) is 0. The van der Waals surface area contributed by atoms with Crippen LogP contribution < -0.4 is 0 Å². The second kappa shape index (κ2) is 5.98. The zero-order chi connectivity index (χ0) is 12.3. The van der Waals surface area contributed by atoms with E-state index in [1.54, 1.807) is 0 Å². The predicted octanol–water partition coefficient (Wildman–Crippen LogP) is 2.98. The molecule has 1 unspecified atom stereocenters. The molecule has 1 aliphatic heterocycles. The maximum Gasteiger partial charge on any atom is 0.0237 e. The zero-order valence-corrected chi connectivity index (χ0v) is 12.3.